The smallest absolute Gasteiger partial charge is 0.289 e. The molecule has 2 aromatic heterocycles. The van der Waals surface area contributed by atoms with Crippen LogP contribution in [0.15, 0.2) is 52.5 Å². The fourth-order valence-electron chi connectivity index (χ4n) is 3.11. The van der Waals surface area contributed by atoms with Crippen molar-refractivity contribution in [1.29, 1.82) is 0 Å². The average molecular weight is 431 g/mol. The third kappa shape index (κ3) is 4.84. The summed E-state index contributed by atoms with van der Waals surface area (Å²) in [7, 11) is 0. The number of aromatic nitrogens is 1. The number of halogens is 1. The minimum atomic E-state index is -0.118. The third-order valence-corrected chi connectivity index (χ3v) is 5.66. The van der Waals surface area contributed by atoms with Gasteiger partial charge in [-0.05, 0) is 24.3 Å². The van der Waals surface area contributed by atoms with Crippen LogP contribution in [0.4, 0.5) is 5.13 Å². The number of carbonyl (C=O) groups excluding carboxylic acids is 2. The quantitative estimate of drug-likeness (QED) is 0.670. The van der Waals surface area contributed by atoms with Crippen LogP contribution < -0.4 is 5.32 Å². The SMILES string of the molecule is O=C(CN1CCN(C(=O)c2ccco2)CC1)Nc1nc(-c2ccc(Cl)cc2)cs1. The van der Waals surface area contributed by atoms with E-state index in [0.717, 1.165) is 11.3 Å². The van der Waals surface area contributed by atoms with Crippen LogP contribution >= 0.6 is 22.9 Å². The molecule has 0 radical (unpaired) electrons. The highest BCUT2D eigenvalue weighted by atomic mass is 35.5. The van der Waals surface area contributed by atoms with Gasteiger partial charge in [-0.25, -0.2) is 4.98 Å². The molecule has 3 heterocycles. The van der Waals surface area contributed by atoms with Crippen molar-refractivity contribution in [1.82, 2.24) is 14.8 Å². The lowest BCUT2D eigenvalue weighted by atomic mass is 10.2. The summed E-state index contributed by atoms with van der Waals surface area (Å²) in [5.41, 5.74) is 1.75. The van der Waals surface area contributed by atoms with Crippen molar-refractivity contribution in [2.45, 2.75) is 0 Å². The molecule has 0 bridgehead atoms. The fraction of sp³-hybridized carbons (Fsp3) is 0.250. The van der Waals surface area contributed by atoms with Gasteiger partial charge >= 0.3 is 0 Å². The molecule has 29 heavy (non-hydrogen) atoms. The number of furan rings is 1. The van der Waals surface area contributed by atoms with Crippen LogP contribution in [0, 0.1) is 0 Å². The van der Waals surface area contributed by atoms with E-state index in [9.17, 15) is 9.59 Å². The highest BCUT2D eigenvalue weighted by Gasteiger charge is 2.24. The second-order valence-corrected chi connectivity index (χ2v) is 7.93. The number of piperazine rings is 1. The number of benzene rings is 1. The van der Waals surface area contributed by atoms with E-state index in [1.807, 2.05) is 34.5 Å². The summed E-state index contributed by atoms with van der Waals surface area (Å²) in [6.07, 6.45) is 1.49. The van der Waals surface area contributed by atoms with Gasteiger partial charge in [0, 0.05) is 42.1 Å². The van der Waals surface area contributed by atoms with Crippen LogP contribution in [0.1, 0.15) is 10.6 Å². The molecule has 3 aromatic rings. The van der Waals surface area contributed by atoms with Crippen molar-refractivity contribution in [2.75, 3.05) is 38.0 Å². The van der Waals surface area contributed by atoms with Crippen molar-refractivity contribution >= 4 is 39.9 Å². The van der Waals surface area contributed by atoms with Crippen LogP contribution in [0.3, 0.4) is 0 Å². The summed E-state index contributed by atoms with van der Waals surface area (Å²) < 4.78 is 5.16. The van der Waals surface area contributed by atoms with Crippen molar-refractivity contribution in [3.63, 3.8) is 0 Å². The van der Waals surface area contributed by atoms with Crippen molar-refractivity contribution in [3.05, 3.63) is 58.8 Å². The van der Waals surface area contributed by atoms with Crippen molar-refractivity contribution < 1.29 is 14.0 Å². The minimum absolute atomic E-state index is 0.114. The van der Waals surface area contributed by atoms with Crippen LogP contribution in [0.25, 0.3) is 11.3 Å². The van der Waals surface area contributed by atoms with Gasteiger partial charge in [0.1, 0.15) is 0 Å². The van der Waals surface area contributed by atoms with Crippen LogP contribution in [0.5, 0.6) is 0 Å². The maximum Gasteiger partial charge on any atom is 0.289 e. The molecule has 150 valence electrons. The van der Waals surface area contributed by atoms with Gasteiger partial charge < -0.3 is 14.6 Å². The molecule has 0 aliphatic carbocycles. The molecule has 0 saturated carbocycles. The minimum Gasteiger partial charge on any atom is -0.459 e. The summed E-state index contributed by atoms with van der Waals surface area (Å²) in [6.45, 7) is 2.65. The van der Waals surface area contributed by atoms with Gasteiger partial charge in [0.2, 0.25) is 5.91 Å². The second kappa shape index (κ2) is 8.77. The molecular formula is C20H19ClN4O3S. The monoisotopic (exact) mass is 430 g/mol. The number of thiazole rings is 1. The molecule has 1 fully saturated rings. The lowest BCUT2D eigenvalue weighted by Crippen LogP contribution is -2.50. The zero-order valence-corrected chi connectivity index (χ0v) is 17.1. The normalized spacial score (nSPS) is 14.7. The Balaban J connectivity index is 1.26. The zero-order chi connectivity index (χ0) is 20.2. The molecule has 1 saturated heterocycles. The molecule has 1 aromatic carbocycles. The van der Waals surface area contributed by atoms with E-state index in [1.54, 1.807) is 17.0 Å². The Kier molecular flexibility index (Phi) is 5.94. The third-order valence-electron chi connectivity index (χ3n) is 4.65. The topological polar surface area (TPSA) is 78.7 Å². The zero-order valence-electron chi connectivity index (χ0n) is 15.5. The maximum absolute atomic E-state index is 12.4. The fourth-order valence-corrected chi connectivity index (χ4v) is 3.97. The molecule has 0 spiro atoms. The van der Waals surface area contributed by atoms with Gasteiger partial charge in [0.15, 0.2) is 10.9 Å². The summed E-state index contributed by atoms with van der Waals surface area (Å²) in [4.78, 5) is 32.9. The largest absolute Gasteiger partial charge is 0.459 e. The van der Waals surface area contributed by atoms with E-state index in [2.05, 4.69) is 10.3 Å². The first-order valence-corrected chi connectivity index (χ1v) is 10.4. The highest BCUT2D eigenvalue weighted by molar-refractivity contribution is 7.14. The number of carbonyl (C=O) groups is 2. The number of nitrogens with one attached hydrogen (secondary N) is 1. The van der Waals surface area contributed by atoms with Gasteiger partial charge in [-0.1, -0.05) is 23.7 Å². The molecule has 1 aliphatic rings. The van der Waals surface area contributed by atoms with Gasteiger partial charge in [-0.15, -0.1) is 11.3 Å². The van der Waals surface area contributed by atoms with Crippen molar-refractivity contribution in [2.24, 2.45) is 0 Å². The lowest BCUT2D eigenvalue weighted by Gasteiger charge is -2.33. The molecule has 0 atom stereocenters. The number of nitrogens with zero attached hydrogens (tertiary/aromatic N) is 3. The van der Waals surface area contributed by atoms with E-state index in [1.165, 1.54) is 17.6 Å². The molecule has 7 nitrogen and oxygen atoms in total. The Hall–Kier alpha value is -2.68. The Morgan fingerprint density at radius 1 is 1.14 bits per heavy atom. The average Bonchev–Trinajstić information content (AvgIpc) is 3.41. The lowest BCUT2D eigenvalue weighted by molar-refractivity contribution is -0.117. The maximum atomic E-state index is 12.4. The summed E-state index contributed by atoms with van der Waals surface area (Å²) >= 11 is 7.30. The molecule has 2 amide bonds. The Morgan fingerprint density at radius 2 is 1.90 bits per heavy atom. The number of hydrogen-bond acceptors (Lipinski definition) is 6. The molecule has 1 aliphatic heterocycles. The number of amides is 2. The number of anilines is 1. The van der Waals surface area contributed by atoms with Gasteiger partial charge in [-0.3, -0.25) is 14.5 Å². The van der Waals surface area contributed by atoms with E-state index in [4.69, 9.17) is 16.0 Å². The van der Waals surface area contributed by atoms with E-state index >= 15 is 0 Å². The van der Waals surface area contributed by atoms with Gasteiger partial charge in [0.05, 0.1) is 18.5 Å². The second-order valence-electron chi connectivity index (χ2n) is 6.64. The van der Waals surface area contributed by atoms with Gasteiger partial charge in [0.25, 0.3) is 5.91 Å². The first-order valence-electron chi connectivity index (χ1n) is 9.15. The predicted octanol–water partition coefficient (Wildman–Crippen LogP) is 3.45. The van der Waals surface area contributed by atoms with Crippen molar-refractivity contribution in [3.8, 4) is 11.3 Å². The summed E-state index contributed by atoms with van der Waals surface area (Å²) in [5, 5.41) is 5.98. The molecular weight excluding hydrogens is 412 g/mol. The predicted molar refractivity (Wildman–Crippen MR) is 112 cm³/mol. The van der Waals surface area contributed by atoms with Gasteiger partial charge in [-0.2, -0.15) is 0 Å². The summed E-state index contributed by atoms with van der Waals surface area (Å²) in [6, 6.07) is 10.8. The molecule has 4 rings (SSSR count). The van der Waals surface area contributed by atoms with Crippen LogP contribution in [0.2, 0.25) is 5.02 Å². The molecule has 9 heteroatoms. The molecule has 0 unspecified atom stereocenters. The summed E-state index contributed by atoms with van der Waals surface area (Å²) in [5.74, 6) is 0.112. The number of hydrogen-bond donors (Lipinski definition) is 1. The van der Waals surface area contributed by atoms with Crippen LogP contribution in [-0.2, 0) is 4.79 Å². The van der Waals surface area contributed by atoms with E-state index in [0.29, 0.717) is 42.1 Å². The Morgan fingerprint density at radius 3 is 2.59 bits per heavy atom. The first kappa shape index (κ1) is 19.6. The van der Waals surface area contributed by atoms with E-state index < -0.39 is 0 Å². The number of rotatable bonds is 5. The van der Waals surface area contributed by atoms with Crippen LogP contribution in [-0.4, -0.2) is 59.3 Å². The Bertz CT molecular complexity index is 980. The highest BCUT2D eigenvalue weighted by Crippen LogP contribution is 2.26. The first-order chi connectivity index (χ1) is 14.1. The Labute approximate surface area is 176 Å². The van der Waals surface area contributed by atoms with E-state index in [-0.39, 0.29) is 18.4 Å². The standard InChI is InChI=1S/C20H19ClN4O3S/c21-15-5-3-14(4-6-15)16-13-29-20(22-16)23-18(26)12-24-7-9-25(10-8-24)19(27)17-2-1-11-28-17/h1-6,11,13H,7-10,12H2,(H,22,23,26). The molecule has 1 N–H and O–H groups in total.